The van der Waals surface area contributed by atoms with Crippen LogP contribution in [0.15, 0.2) is 16.3 Å². The standard InChI is InChI=1S/C14H20N2O5S2/c1-16(2)23(20,21)11-7-8-22-12(11)13(17)15-10-5-3-9(4-6-10)14(18)19/h7-10H,3-6H2,1-2H3,(H,15,17)(H,18,19). The lowest BCUT2D eigenvalue weighted by atomic mass is 9.86. The van der Waals surface area contributed by atoms with Crippen LogP contribution in [0, 0.1) is 5.92 Å². The molecule has 1 amide bonds. The first-order valence-corrected chi connectivity index (χ1v) is 9.59. The van der Waals surface area contributed by atoms with Crippen LogP contribution in [0.5, 0.6) is 0 Å². The number of nitrogens with one attached hydrogen (secondary N) is 1. The fraction of sp³-hybridized carbons (Fsp3) is 0.571. The average molecular weight is 360 g/mol. The van der Waals surface area contributed by atoms with Crippen LogP contribution in [0.2, 0.25) is 0 Å². The normalized spacial score (nSPS) is 22.0. The Hall–Kier alpha value is -1.45. The number of thiophene rings is 1. The minimum atomic E-state index is -3.66. The molecule has 0 aromatic carbocycles. The molecule has 0 radical (unpaired) electrons. The van der Waals surface area contributed by atoms with Gasteiger partial charge in [-0.1, -0.05) is 0 Å². The number of amides is 1. The maximum absolute atomic E-state index is 12.4. The van der Waals surface area contributed by atoms with Gasteiger partial charge in [0.1, 0.15) is 9.77 Å². The predicted octanol–water partition coefficient (Wildman–Crippen LogP) is 1.37. The number of hydrogen-bond donors (Lipinski definition) is 2. The Morgan fingerprint density at radius 1 is 1.26 bits per heavy atom. The van der Waals surface area contributed by atoms with E-state index in [1.807, 2.05) is 0 Å². The molecule has 1 aromatic rings. The summed E-state index contributed by atoms with van der Waals surface area (Å²) in [7, 11) is -0.828. The van der Waals surface area contributed by atoms with Crippen LogP contribution in [0.1, 0.15) is 35.4 Å². The van der Waals surface area contributed by atoms with Crippen LogP contribution < -0.4 is 5.32 Å². The third-order valence-electron chi connectivity index (χ3n) is 4.01. The minimum absolute atomic E-state index is 0.00391. The molecular formula is C14H20N2O5S2. The largest absolute Gasteiger partial charge is 0.481 e. The molecule has 2 rings (SSSR count). The van der Waals surface area contributed by atoms with Crippen molar-refractivity contribution in [3.05, 3.63) is 16.3 Å². The zero-order chi connectivity index (χ0) is 17.2. The van der Waals surface area contributed by atoms with Gasteiger partial charge in [0, 0.05) is 20.1 Å². The highest BCUT2D eigenvalue weighted by molar-refractivity contribution is 7.89. The zero-order valence-corrected chi connectivity index (χ0v) is 14.6. The zero-order valence-electron chi connectivity index (χ0n) is 13.0. The molecule has 1 aromatic heterocycles. The molecule has 1 aliphatic rings. The summed E-state index contributed by atoms with van der Waals surface area (Å²) in [5.41, 5.74) is 0. The number of carbonyl (C=O) groups is 2. The maximum Gasteiger partial charge on any atom is 0.306 e. The van der Waals surface area contributed by atoms with Crippen molar-refractivity contribution >= 4 is 33.2 Å². The topological polar surface area (TPSA) is 104 Å². The summed E-state index contributed by atoms with van der Waals surface area (Å²) in [6, 6.07) is 1.31. The second kappa shape index (κ2) is 6.98. The summed E-state index contributed by atoms with van der Waals surface area (Å²) >= 11 is 1.08. The van der Waals surface area contributed by atoms with Crippen molar-refractivity contribution in [1.29, 1.82) is 0 Å². The molecule has 7 nitrogen and oxygen atoms in total. The molecule has 1 heterocycles. The average Bonchev–Trinajstić information content (AvgIpc) is 2.97. The lowest BCUT2D eigenvalue weighted by Crippen LogP contribution is -2.39. The lowest BCUT2D eigenvalue weighted by molar-refractivity contribution is -0.142. The van der Waals surface area contributed by atoms with Crippen molar-refractivity contribution in [3.8, 4) is 0 Å². The molecule has 128 valence electrons. The summed E-state index contributed by atoms with van der Waals surface area (Å²) in [4.78, 5) is 23.5. The van der Waals surface area contributed by atoms with Gasteiger partial charge in [-0.3, -0.25) is 9.59 Å². The van der Waals surface area contributed by atoms with E-state index in [-0.39, 0.29) is 21.7 Å². The van der Waals surface area contributed by atoms with Gasteiger partial charge in [-0.05, 0) is 37.1 Å². The molecule has 1 aliphatic carbocycles. The number of rotatable bonds is 5. The Labute approximate surface area is 139 Å². The molecular weight excluding hydrogens is 340 g/mol. The summed E-state index contributed by atoms with van der Waals surface area (Å²) in [6.45, 7) is 0. The number of sulfonamides is 1. The first-order valence-electron chi connectivity index (χ1n) is 7.27. The minimum Gasteiger partial charge on any atom is -0.481 e. The SMILES string of the molecule is CN(C)S(=O)(=O)c1ccsc1C(=O)NC1CCC(C(=O)O)CC1. The Balaban J connectivity index is 2.06. The van der Waals surface area contributed by atoms with Crippen LogP contribution in [-0.4, -0.2) is 49.8 Å². The molecule has 23 heavy (non-hydrogen) atoms. The Bertz CT molecular complexity index is 688. The van der Waals surface area contributed by atoms with Gasteiger partial charge in [-0.15, -0.1) is 11.3 Å². The molecule has 0 aliphatic heterocycles. The number of carbonyl (C=O) groups excluding carboxylic acids is 1. The maximum atomic E-state index is 12.4. The molecule has 0 unspecified atom stereocenters. The van der Waals surface area contributed by atoms with Crippen molar-refractivity contribution in [3.63, 3.8) is 0 Å². The molecule has 0 bridgehead atoms. The molecule has 0 spiro atoms. The Morgan fingerprint density at radius 3 is 2.39 bits per heavy atom. The van der Waals surface area contributed by atoms with Gasteiger partial charge in [0.25, 0.3) is 5.91 Å². The van der Waals surface area contributed by atoms with E-state index in [9.17, 15) is 18.0 Å². The van der Waals surface area contributed by atoms with Gasteiger partial charge in [0.15, 0.2) is 0 Å². The van der Waals surface area contributed by atoms with Crippen molar-refractivity contribution in [2.45, 2.75) is 36.6 Å². The summed E-state index contributed by atoms with van der Waals surface area (Å²) in [6.07, 6.45) is 2.22. The predicted molar refractivity (Wildman–Crippen MR) is 86.0 cm³/mol. The fourth-order valence-corrected chi connectivity index (χ4v) is 4.80. The van der Waals surface area contributed by atoms with E-state index in [1.165, 1.54) is 20.2 Å². The van der Waals surface area contributed by atoms with E-state index in [2.05, 4.69) is 5.32 Å². The van der Waals surface area contributed by atoms with Crippen molar-refractivity contribution in [1.82, 2.24) is 9.62 Å². The van der Waals surface area contributed by atoms with Gasteiger partial charge in [0.2, 0.25) is 10.0 Å². The van der Waals surface area contributed by atoms with Crippen molar-refractivity contribution in [2.75, 3.05) is 14.1 Å². The molecule has 1 fully saturated rings. The summed E-state index contributed by atoms with van der Waals surface area (Å²) in [5, 5.41) is 13.4. The second-order valence-electron chi connectivity index (χ2n) is 5.76. The molecule has 0 saturated heterocycles. The monoisotopic (exact) mass is 360 g/mol. The first-order chi connectivity index (χ1) is 10.7. The number of nitrogens with zero attached hydrogens (tertiary/aromatic N) is 1. The van der Waals surface area contributed by atoms with Crippen molar-refractivity contribution in [2.24, 2.45) is 5.92 Å². The van der Waals surface area contributed by atoms with Crippen LogP contribution in [0.4, 0.5) is 0 Å². The highest BCUT2D eigenvalue weighted by Crippen LogP contribution is 2.27. The van der Waals surface area contributed by atoms with E-state index < -0.39 is 21.9 Å². The van der Waals surface area contributed by atoms with Gasteiger partial charge in [-0.25, -0.2) is 12.7 Å². The highest BCUT2D eigenvalue weighted by atomic mass is 32.2. The third-order valence-corrected chi connectivity index (χ3v) is 6.91. The van der Waals surface area contributed by atoms with Gasteiger partial charge in [0.05, 0.1) is 5.92 Å². The van der Waals surface area contributed by atoms with Gasteiger partial charge >= 0.3 is 5.97 Å². The second-order valence-corrected chi connectivity index (χ2v) is 8.80. The first kappa shape index (κ1) is 17.9. The number of hydrogen-bond acceptors (Lipinski definition) is 5. The molecule has 9 heteroatoms. The van der Waals surface area contributed by atoms with Crippen molar-refractivity contribution < 1.29 is 23.1 Å². The quantitative estimate of drug-likeness (QED) is 0.825. The van der Waals surface area contributed by atoms with E-state index in [0.29, 0.717) is 25.7 Å². The Kier molecular flexibility index (Phi) is 5.43. The van der Waals surface area contributed by atoms with E-state index >= 15 is 0 Å². The number of aliphatic carboxylic acids is 1. The van der Waals surface area contributed by atoms with E-state index in [0.717, 1.165) is 15.6 Å². The van der Waals surface area contributed by atoms with Crippen LogP contribution >= 0.6 is 11.3 Å². The molecule has 0 atom stereocenters. The molecule has 1 saturated carbocycles. The van der Waals surface area contributed by atoms with E-state index in [4.69, 9.17) is 5.11 Å². The van der Waals surface area contributed by atoms with E-state index in [1.54, 1.807) is 5.38 Å². The van der Waals surface area contributed by atoms with Gasteiger partial charge < -0.3 is 10.4 Å². The highest BCUT2D eigenvalue weighted by Gasteiger charge is 2.30. The third kappa shape index (κ3) is 3.91. The molecule has 2 N–H and O–H groups in total. The van der Waals surface area contributed by atoms with Crippen LogP contribution in [-0.2, 0) is 14.8 Å². The number of carboxylic acids is 1. The van der Waals surface area contributed by atoms with Crippen LogP contribution in [0.25, 0.3) is 0 Å². The fourth-order valence-electron chi connectivity index (χ4n) is 2.60. The Morgan fingerprint density at radius 2 is 1.87 bits per heavy atom. The summed E-state index contributed by atoms with van der Waals surface area (Å²) in [5.74, 6) is -1.57. The summed E-state index contributed by atoms with van der Waals surface area (Å²) < 4.78 is 25.5. The lowest BCUT2D eigenvalue weighted by Gasteiger charge is -2.26. The van der Waals surface area contributed by atoms with Gasteiger partial charge in [-0.2, -0.15) is 0 Å². The number of carboxylic acid groups (broad SMARTS) is 1. The van der Waals surface area contributed by atoms with Crippen LogP contribution in [0.3, 0.4) is 0 Å². The smallest absolute Gasteiger partial charge is 0.306 e.